The van der Waals surface area contributed by atoms with E-state index >= 15 is 0 Å². The van der Waals surface area contributed by atoms with Crippen LogP contribution in [0.25, 0.3) is 0 Å². The zero-order chi connectivity index (χ0) is 17.2. The minimum Gasteiger partial charge on any atom is -0.292 e. The number of ketones is 2. The summed E-state index contributed by atoms with van der Waals surface area (Å²) in [5.41, 5.74) is 1.72. The van der Waals surface area contributed by atoms with E-state index in [0.29, 0.717) is 16.7 Å². The first kappa shape index (κ1) is 16.9. The Bertz CT molecular complexity index is 838. The maximum atomic E-state index is 12.6. The Morgan fingerprint density at radius 3 is 2.21 bits per heavy atom. The summed E-state index contributed by atoms with van der Waals surface area (Å²) in [5, 5.41) is 0. The van der Waals surface area contributed by atoms with Crippen molar-refractivity contribution in [1.82, 2.24) is 0 Å². The van der Waals surface area contributed by atoms with Gasteiger partial charge in [0.15, 0.2) is 11.6 Å². The lowest BCUT2D eigenvalue weighted by Crippen LogP contribution is -2.31. The molecule has 120 valence electrons. The molecule has 0 aromatic heterocycles. The molecule has 1 atom stereocenters. The first-order valence-corrected chi connectivity index (χ1v) is 8.65. The van der Waals surface area contributed by atoms with Gasteiger partial charge in [0.1, 0.15) is 4.87 Å². The van der Waals surface area contributed by atoms with Gasteiger partial charge in [-0.1, -0.05) is 64.5 Å². The summed E-state index contributed by atoms with van der Waals surface area (Å²) in [6.45, 7) is 0. The Morgan fingerprint density at radius 2 is 1.62 bits per heavy atom. The summed E-state index contributed by atoms with van der Waals surface area (Å²) < 4.78 is 0.917. The largest absolute Gasteiger partial charge is 0.292 e. The lowest BCUT2D eigenvalue weighted by molar-refractivity contribution is 0.0956. The van der Waals surface area contributed by atoms with Crippen molar-refractivity contribution >= 4 is 39.1 Å². The van der Waals surface area contributed by atoms with Crippen LogP contribution in [0.4, 0.5) is 0 Å². The molecule has 3 rings (SSSR count). The minimum absolute atomic E-state index is 0.0790. The van der Waals surface area contributed by atoms with Gasteiger partial charge < -0.3 is 0 Å². The normalized spacial score (nSPS) is 19.7. The van der Waals surface area contributed by atoms with Gasteiger partial charge in [0.25, 0.3) is 0 Å². The van der Waals surface area contributed by atoms with E-state index in [2.05, 4.69) is 15.9 Å². The van der Waals surface area contributed by atoms with E-state index in [1.54, 1.807) is 54.6 Å². The number of benzene rings is 2. The first-order chi connectivity index (χ1) is 11.5. The second kappa shape index (κ2) is 6.88. The Hall–Kier alpha value is -1.97. The van der Waals surface area contributed by atoms with E-state index in [4.69, 9.17) is 11.6 Å². The maximum Gasteiger partial charge on any atom is 0.192 e. The summed E-state index contributed by atoms with van der Waals surface area (Å²) in [5.74, 6) is -0.239. The molecule has 2 aromatic rings. The van der Waals surface area contributed by atoms with E-state index in [1.165, 1.54) is 0 Å². The molecule has 2 nitrogen and oxygen atoms in total. The van der Waals surface area contributed by atoms with Gasteiger partial charge in [-0.05, 0) is 30.7 Å². The second-order valence-corrected chi connectivity index (χ2v) is 7.18. The minimum atomic E-state index is -1.13. The molecule has 2 aromatic carbocycles. The monoisotopic (exact) mass is 400 g/mol. The molecular weight excluding hydrogens is 388 g/mol. The average Bonchev–Trinajstić information content (AvgIpc) is 2.62. The van der Waals surface area contributed by atoms with Gasteiger partial charge in [0.05, 0.1) is 0 Å². The molecule has 0 radical (unpaired) electrons. The van der Waals surface area contributed by atoms with Gasteiger partial charge in [-0.3, -0.25) is 9.59 Å². The topological polar surface area (TPSA) is 34.1 Å². The molecule has 0 aliphatic heterocycles. The zero-order valence-electron chi connectivity index (χ0n) is 12.7. The third-order valence-electron chi connectivity index (χ3n) is 3.93. The summed E-state index contributed by atoms with van der Waals surface area (Å²) >= 11 is 9.85. The van der Waals surface area contributed by atoms with Gasteiger partial charge in [0.2, 0.25) is 0 Å². The van der Waals surface area contributed by atoms with Crippen molar-refractivity contribution in [3.8, 4) is 0 Å². The summed E-state index contributed by atoms with van der Waals surface area (Å²) in [4.78, 5) is 24.0. The predicted octanol–water partition coefficient (Wildman–Crippen LogP) is 5.38. The number of carbonyl (C=O) groups is 2. The zero-order valence-corrected chi connectivity index (χ0v) is 15.0. The highest BCUT2D eigenvalue weighted by atomic mass is 79.9. The molecule has 0 fully saturated rings. The van der Waals surface area contributed by atoms with Crippen molar-refractivity contribution in [3.05, 3.63) is 94.0 Å². The Balaban J connectivity index is 1.79. The number of hydrogen-bond donors (Lipinski definition) is 0. The van der Waals surface area contributed by atoms with Crippen LogP contribution >= 0.6 is 27.5 Å². The first-order valence-electron chi connectivity index (χ1n) is 7.48. The number of carbonyl (C=O) groups excluding carboxylic acids is 2. The molecule has 0 bridgehead atoms. The van der Waals surface area contributed by atoms with Gasteiger partial charge in [0, 0.05) is 21.2 Å². The van der Waals surface area contributed by atoms with E-state index in [9.17, 15) is 9.59 Å². The Morgan fingerprint density at radius 1 is 0.958 bits per heavy atom. The number of halogens is 2. The molecule has 0 amide bonds. The van der Waals surface area contributed by atoms with Crippen LogP contribution in [0, 0.1) is 0 Å². The maximum absolute atomic E-state index is 12.6. The molecule has 0 N–H and O–H groups in total. The van der Waals surface area contributed by atoms with Crippen molar-refractivity contribution in [2.75, 3.05) is 0 Å². The predicted molar refractivity (Wildman–Crippen MR) is 99.7 cm³/mol. The van der Waals surface area contributed by atoms with Crippen molar-refractivity contribution in [2.24, 2.45) is 0 Å². The molecule has 0 saturated carbocycles. The Labute approximate surface area is 154 Å². The summed E-state index contributed by atoms with van der Waals surface area (Å²) in [6.07, 6.45) is 5.28. The van der Waals surface area contributed by atoms with E-state index in [-0.39, 0.29) is 18.0 Å². The van der Waals surface area contributed by atoms with Crippen molar-refractivity contribution in [2.45, 2.75) is 11.3 Å². The SMILES string of the molecule is O=C(C1=CCC(Cl)(C(=O)c2ccccc2)C=C1)c1ccc(Br)cc1. The fourth-order valence-electron chi connectivity index (χ4n) is 2.55. The second-order valence-electron chi connectivity index (χ2n) is 5.59. The van der Waals surface area contributed by atoms with Gasteiger partial charge in [-0.2, -0.15) is 0 Å². The molecule has 0 heterocycles. The highest BCUT2D eigenvalue weighted by Gasteiger charge is 2.35. The number of Topliss-reactive ketones (excluding diaryl/α,β-unsaturated/α-hetero) is 2. The molecule has 1 aliphatic carbocycles. The number of allylic oxidation sites excluding steroid dienone is 4. The fourth-order valence-corrected chi connectivity index (χ4v) is 3.06. The molecular formula is C20H14BrClO2. The standard InChI is InChI=1S/C20H14BrClO2/c21-17-8-6-14(7-9-17)18(23)15-10-12-20(22,13-11-15)19(24)16-4-2-1-3-5-16/h1-12H,13H2. The molecule has 24 heavy (non-hydrogen) atoms. The molecule has 0 saturated heterocycles. The van der Waals surface area contributed by atoms with Crippen LogP contribution in [-0.4, -0.2) is 16.4 Å². The van der Waals surface area contributed by atoms with Crippen LogP contribution in [0.1, 0.15) is 27.1 Å². The number of alkyl halides is 1. The van der Waals surface area contributed by atoms with Crippen LogP contribution in [-0.2, 0) is 0 Å². The third-order valence-corrected chi connectivity index (χ3v) is 4.91. The van der Waals surface area contributed by atoms with Gasteiger partial charge in [-0.25, -0.2) is 0 Å². The quantitative estimate of drug-likeness (QED) is 0.509. The molecule has 1 unspecified atom stereocenters. The third kappa shape index (κ3) is 3.42. The highest BCUT2D eigenvalue weighted by molar-refractivity contribution is 9.10. The van der Waals surface area contributed by atoms with E-state index < -0.39 is 4.87 Å². The molecule has 1 aliphatic rings. The van der Waals surface area contributed by atoms with Gasteiger partial charge in [-0.15, -0.1) is 11.6 Å². The fraction of sp³-hybridized carbons (Fsp3) is 0.100. The van der Waals surface area contributed by atoms with Gasteiger partial charge >= 0.3 is 0 Å². The van der Waals surface area contributed by atoms with Crippen molar-refractivity contribution < 1.29 is 9.59 Å². The van der Waals surface area contributed by atoms with E-state index in [1.807, 2.05) is 18.2 Å². The van der Waals surface area contributed by atoms with E-state index in [0.717, 1.165) is 4.47 Å². The Kier molecular flexibility index (Phi) is 4.83. The average molecular weight is 402 g/mol. The smallest absolute Gasteiger partial charge is 0.192 e. The number of hydrogen-bond acceptors (Lipinski definition) is 2. The summed E-state index contributed by atoms with van der Waals surface area (Å²) in [6, 6.07) is 16.1. The van der Waals surface area contributed by atoms with Crippen LogP contribution < -0.4 is 0 Å². The number of rotatable bonds is 4. The van der Waals surface area contributed by atoms with Crippen LogP contribution in [0.3, 0.4) is 0 Å². The highest BCUT2D eigenvalue weighted by Crippen LogP contribution is 2.32. The molecule has 0 spiro atoms. The lowest BCUT2D eigenvalue weighted by atomic mass is 9.87. The van der Waals surface area contributed by atoms with Crippen LogP contribution in [0.15, 0.2) is 82.9 Å². The summed E-state index contributed by atoms with van der Waals surface area (Å²) in [7, 11) is 0. The van der Waals surface area contributed by atoms with Crippen LogP contribution in [0.2, 0.25) is 0 Å². The van der Waals surface area contributed by atoms with Crippen LogP contribution in [0.5, 0.6) is 0 Å². The lowest BCUT2D eigenvalue weighted by Gasteiger charge is -2.24. The van der Waals surface area contributed by atoms with Crippen molar-refractivity contribution in [3.63, 3.8) is 0 Å². The van der Waals surface area contributed by atoms with Crippen molar-refractivity contribution in [1.29, 1.82) is 0 Å². The molecule has 4 heteroatoms.